The number of carbonyl (C=O) groups is 1. The molecule has 0 aliphatic heterocycles. The van der Waals surface area contributed by atoms with Crippen LogP contribution < -0.4 is 10.5 Å². The smallest absolute Gasteiger partial charge is 0.152 e. The molecule has 0 aliphatic rings. The molecule has 1 aromatic carbocycles. The van der Waals surface area contributed by atoms with E-state index in [1.165, 1.54) is 0 Å². The van der Waals surface area contributed by atoms with Crippen molar-refractivity contribution in [1.82, 2.24) is 15.4 Å². The van der Waals surface area contributed by atoms with Crippen LogP contribution in [0.4, 0.5) is 4.79 Å². The maximum absolute atomic E-state index is 11.2. The van der Waals surface area contributed by atoms with E-state index in [1.54, 1.807) is 27.0 Å². The quantitative estimate of drug-likeness (QED) is 0.879. The molecule has 0 saturated heterocycles. The Morgan fingerprint density at radius 2 is 1.86 bits per heavy atom. The fourth-order valence-corrected chi connectivity index (χ4v) is 2.07. The minimum Gasteiger partial charge on any atom is -0.529 e. The molecule has 5 heteroatoms. The van der Waals surface area contributed by atoms with Crippen LogP contribution in [0, 0.1) is 0 Å². The lowest BCUT2D eigenvalue weighted by atomic mass is 10.1. The summed E-state index contributed by atoms with van der Waals surface area (Å²) in [6.45, 7) is 5.83. The third-order valence-corrected chi connectivity index (χ3v) is 3.21. The highest BCUT2D eigenvalue weighted by Gasteiger charge is 2.20. The third-order valence-electron chi connectivity index (χ3n) is 3.21. The van der Waals surface area contributed by atoms with Crippen LogP contribution in [-0.4, -0.2) is 21.6 Å². The van der Waals surface area contributed by atoms with Crippen LogP contribution >= 0.6 is 0 Å². The summed E-state index contributed by atoms with van der Waals surface area (Å²) in [5.74, 6) is 0. The van der Waals surface area contributed by atoms with E-state index in [-0.39, 0.29) is 0 Å². The van der Waals surface area contributed by atoms with Crippen LogP contribution in [0.3, 0.4) is 0 Å². The molecule has 0 spiro atoms. The first-order chi connectivity index (χ1) is 10.4. The maximum Gasteiger partial charge on any atom is 0.152 e. The van der Waals surface area contributed by atoms with E-state index in [2.05, 4.69) is 10.4 Å². The molecule has 0 aliphatic carbocycles. The summed E-state index contributed by atoms with van der Waals surface area (Å²) in [5, 5.41) is 12.3. The number of nitrogens with zero attached hydrogens (tertiary/aromatic N) is 2. The summed E-state index contributed by atoms with van der Waals surface area (Å²) in [7, 11) is 0. The minimum absolute atomic E-state index is 0.410. The SMILES string of the molecule is CC(C)(C)N(NCc1ccc(-c2ccccn2)cc1)C(=O)[O-]. The fourth-order valence-electron chi connectivity index (χ4n) is 2.07. The number of amides is 1. The second-order valence-corrected chi connectivity index (χ2v) is 6.02. The molecule has 1 amide bonds. The molecule has 1 heterocycles. The van der Waals surface area contributed by atoms with E-state index in [9.17, 15) is 9.90 Å². The van der Waals surface area contributed by atoms with Crippen LogP contribution in [0.5, 0.6) is 0 Å². The van der Waals surface area contributed by atoms with Gasteiger partial charge in [0.25, 0.3) is 0 Å². The molecule has 2 aromatic rings. The van der Waals surface area contributed by atoms with E-state index in [0.717, 1.165) is 21.8 Å². The molecule has 0 atom stereocenters. The lowest BCUT2D eigenvalue weighted by molar-refractivity contribution is -0.275. The summed E-state index contributed by atoms with van der Waals surface area (Å²) >= 11 is 0. The summed E-state index contributed by atoms with van der Waals surface area (Å²) in [4.78, 5) is 15.4. The monoisotopic (exact) mass is 298 g/mol. The molecule has 2 rings (SSSR count). The topological polar surface area (TPSA) is 68.3 Å². The molecule has 0 unspecified atom stereocenters. The van der Waals surface area contributed by atoms with Crippen molar-refractivity contribution in [1.29, 1.82) is 0 Å². The van der Waals surface area contributed by atoms with Gasteiger partial charge in [-0.2, -0.15) is 0 Å². The molecule has 0 radical (unpaired) electrons. The highest BCUT2D eigenvalue weighted by molar-refractivity contribution is 5.63. The summed E-state index contributed by atoms with van der Waals surface area (Å²) < 4.78 is 0. The predicted octanol–water partition coefficient (Wildman–Crippen LogP) is 2.20. The predicted molar refractivity (Wildman–Crippen MR) is 83.5 cm³/mol. The third kappa shape index (κ3) is 4.05. The van der Waals surface area contributed by atoms with Crippen molar-refractivity contribution in [3.8, 4) is 11.3 Å². The van der Waals surface area contributed by atoms with Crippen molar-refractivity contribution < 1.29 is 9.90 Å². The number of aromatic nitrogens is 1. The van der Waals surface area contributed by atoms with Crippen LogP contribution in [0.1, 0.15) is 26.3 Å². The van der Waals surface area contributed by atoms with Crippen LogP contribution in [0.2, 0.25) is 0 Å². The molecule has 116 valence electrons. The molecule has 1 N–H and O–H groups in total. The lowest BCUT2D eigenvalue weighted by Gasteiger charge is -2.37. The van der Waals surface area contributed by atoms with Gasteiger partial charge in [0.05, 0.1) is 5.69 Å². The first-order valence-electron chi connectivity index (χ1n) is 7.13. The van der Waals surface area contributed by atoms with Crippen LogP contribution in [0.25, 0.3) is 11.3 Å². The number of nitrogens with one attached hydrogen (secondary N) is 1. The number of benzene rings is 1. The number of pyridine rings is 1. The highest BCUT2D eigenvalue weighted by atomic mass is 16.4. The number of carboxylic acid groups (broad SMARTS) is 1. The van der Waals surface area contributed by atoms with Gasteiger partial charge in [-0.05, 0) is 38.5 Å². The van der Waals surface area contributed by atoms with Crippen molar-refractivity contribution >= 4 is 6.09 Å². The molecular weight excluding hydrogens is 278 g/mol. The molecule has 0 saturated carbocycles. The van der Waals surface area contributed by atoms with Gasteiger partial charge in [0.1, 0.15) is 0 Å². The normalized spacial score (nSPS) is 11.2. The van der Waals surface area contributed by atoms with Gasteiger partial charge < -0.3 is 9.90 Å². The largest absolute Gasteiger partial charge is 0.529 e. The Balaban J connectivity index is 2.04. The van der Waals surface area contributed by atoms with Gasteiger partial charge in [-0.25, -0.2) is 5.43 Å². The maximum atomic E-state index is 11.2. The zero-order valence-corrected chi connectivity index (χ0v) is 13.0. The second kappa shape index (κ2) is 6.58. The summed E-state index contributed by atoms with van der Waals surface area (Å²) in [6, 6.07) is 13.6. The molecule has 1 aromatic heterocycles. The summed E-state index contributed by atoms with van der Waals surface area (Å²) in [6.07, 6.45) is 0.517. The van der Waals surface area contributed by atoms with Crippen molar-refractivity contribution in [3.05, 3.63) is 54.2 Å². The van der Waals surface area contributed by atoms with Crippen molar-refractivity contribution in [2.45, 2.75) is 32.9 Å². The van der Waals surface area contributed by atoms with E-state index in [1.807, 2.05) is 42.5 Å². The zero-order valence-electron chi connectivity index (χ0n) is 13.0. The number of carbonyl (C=O) groups excluding carboxylic acids is 1. The first kappa shape index (κ1) is 16.0. The molecule has 0 fully saturated rings. The van der Waals surface area contributed by atoms with Crippen molar-refractivity contribution in [2.24, 2.45) is 0 Å². The Morgan fingerprint density at radius 1 is 1.18 bits per heavy atom. The van der Waals surface area contributed by atoms with Crippen LogP contribution in [0.15, 0.2) is 48.7 Å². The van der Waals surface area contributed by atoms with Gasteiger partial charge in [0.15, 0.2) is 6.09 Å². The van der Waals surface area contributed by atoms with Crippen molar-refractivity contribution in [2.75, 3.05) is 0 Å². The Kier molecular flexibility index (Phi) is 4.78. The lowest BCUT2D eigenvalue weighted by Crippen LogP contribution is -2.58. The van der Waals surface area contributed by atoms with Gasteiger partial charge in [-0.3, -0.25) is 9.99 Å². The number of hydrazine groups is 1. The Bertz CT molecular complexity index is 619. The molecular formula is C17H20N3O2-. The fraction of sp³-hybridized carbons (Fsp3) is 0.294. The average Bonchev–Trinajstić information content (AvgIpc) is 2.47. The van der Waals surface area contributed by atoms with Crippen molar-refractivity contribution in [3.63, 3.8) is 0 Å². The average molecular weight is 298 g/mol. The van der Waals surface area contributed by atoms with E-state index < -0.39 is 11.6 Å². The van der Waals surface area contributed by atoms with E-state index in [4.69, 9.17) is 0 Å². The molecule has 0 bridgehead atoms. The number of hydrogen-bond donors (Lipinski definition) is 1. The van der Waals surface area contributed by atoms with E-state index in [0.29, 0.717) is 6.54 Å². The Morgan fingerprint density at radius 3 is 2.36 bits per heavy atom. The first-order valence-corrected chi connectivity index (χ1v) is 7.13. The molecule has 22 heavy (non-hydrogen) atoms. The Labute approximate surface area is 130 Å². The zero-order chi connectivity index (χ0) is 16.2. The van der Waals surface area contributed by atoms with Gasteiger partial charge >= 0.3 is 0 Å². The van der Waals surface area contributed by atoms with Gasteiger partial charge in [0.2, 0.25) is 0 Å². The minimum atomic E-state index is -1.24. The van der Waals surface area contributed by atoms with E-state index >= 15 is 0 Å². The molecule has 5 nitrogen and oxygen atoms in total. The van der Waals surface area contributed by atoms with Gasteiger partial charge in [0, 0.05) is 23.8 Å². The highest BCUT2D eigenvalue weighted by Crippen LogP contribution is 2.17. The number of rotatable bonds is 4. The standard InChI is InChI=1S/C17H21N3O2/c1-17(2,3)20(16(21)22)19-12-13-7-9-14(10-8-13)15-6-4-5-11-18-15/h4-11,19H,12H2,1-3H3,(H,21,22)/p-1. The van der Waals surface area contributed by atoms with Gasteiger partial charge in [-0.15, -0.1) is 0 Å². The van der Waals surface area contributed by atoms with Gasteiger partial charge in [-0.1, -0.05) is 30.3 Å². The Hall–Kier alpha value is -2.40. The summed E-state index contributed by atoms with van der Waals surface area (Å²) in [5.41, 5.74) is 5.24. The number of hydrogen-bond acceptors (Lipinski definition) is 4. The second-order valence-electron chi connectivity index (χ2n) is 6.02. The van der Waals surface area contributed by atoms with Crippen LogP contribution in [-0.2, 0) is 6.54 Å².